The van der Waals surface area contributed by atoms with Gasteiger partial charge in [0.25, 0.3) is 10.0 Å². The smallest absolute Gasteiger partial charge is 0.250 e. The molecule has 0 aliphatic carbocycles. The number of hydrogen-bond donors (Lipinski definition) is 5. The molecule has 41 heavy (non-hydrogen) atoms. The van der Waals surface area contributed by atoms with Crippen molar-refractivity contribution in [3.05, 3.63) is 49.9 Å². The lowest BCUT2D eigenvalue weighted by Gasteiger charge is -2.25. The van der Waals surface area contributed by atoms with Crippen LogP contribution < -0.4 is 20.7 Å². The fourth-order valence-corrected chi connectivity index (χ4v) is 7.12. The Morgan fingerprint density at radius 1 is 0.951 bits per heavy atom. The van der Waals surface area contributed by atoms with Gasteiger partial charge >= 0.3 is 0 Å². The van der Waals surface area contributed by atoms with Crippen molar-refractivity contribution < 1.29 is 22.8 Å². The van der Waals surface area contributed by atoms with Crippen molar-refractivity contribution in [1.82, 2.24) is 20.7 Å². The summed E-state index contributed by atoms with van der Waals surface area (Å²) in [6.45, 7) is 4.27. The Balaban J connectivity index is 2.29. The third-order valence-electron chi connectivity index (χ3n) is 5.87. The van der Waals surface area contributed by atoms with Crippen molar-refractivity contribution in [3.63, 3.8) is 0 Å². The molecule has 1 heterocycles. The second-order valence-electron chi connectivity index (χ2n) is 9.67. The summed E-state index contributed by atoms with van der Waals surface area (Å²) in [5.41, 5.74) is 0.771. The quantitative estimate of drug-likeness (QED) is 0.0719. The molecular formula is C26H35Cl2IN4O5S3. The number of thiol groups is 1. The topological polar surface area (TPSA) is 133 Å². The third kappa shape index (κ3) is 12.6. The van der Waals surface area contributed by atoms with Crippen LogP contribution in [-0.2, 0) is 30.8 Å². The number of hydrogen-bond acceptors (Lipinski definition) is 7. The second kappa shape index (κ2) is 17.9. The number of rotatable bonds is 17. The Morgan fingerprint density at radius 3 is 2.15 bits per heavy atom. The number of amides is 3. The van der Waals surface area contributed by atoms with Crippen LogP contribution in [0.25, 0.3) is 0 Å². The van der Waals surface area contributed by atoms with E-state index < -0.39 is 45.9 Å². The van der Waals surface area contributed by atoms with E-state index in [2.05, 4.69) is 55.9 Å². The molecule has 15 heteroatoms. The van der Waals surface area contributed by atoms with Gasteiger partial charge < -0.3 is 16.0 Å². The highest BCUT2D eigenvalue weighted by molar-refractivity contribution is 14.1. The van der Waals surface area contributed by atoms with Gasteiger partial charge in [0, 0.05) is 28.2 Å². The summed E-state index contributed by atoms with van der Waals surface area (Å²) in [7, 11) is -4.05. The molecule has 3 atom stereocenters. The van der Waals surface area contributed by atoms with Gasteiger partial charge in [0.15, 0.2) is 0 Å². The summed E-state index contributed by atoms with van der Waals surface area (Å²) < 4.78 is 29.8. The van der Waals surface area contributed by atoms with E-state index >= 15 is 0 Å². The summed E-state index contributed by atoms with van der Waals surface area (Å²) in [4.78, 5) is 39.6. The zero-order chi connectivity index (χ0) is 30.6. The number of nitrogens with one attached hydrogen (secondary N) is 4. The lowest BCUT2D eigenvalue weighted by molar-refractivity contribution is -0.132. The molecule has 0 radical (unpaired) electrons. The van der Waals surface area contributed by atoms with E-state index in [9.17, 15) is 22.8 Å². The minimum absolute atomic E-state index is 0.0187. The van der Waals surface area contributed by atoms with Crippen LogP contribution in [0.1, 0.15) is 38.7 Å². The highest BCUT2D eigenvalue weighted by atomic mass is 127. The van der Waals surface area contributed by atoms with Gasteiger partial charge in [0.1, 0.15) is 22.3 Å². The van der Waals surface area contributed by atoms with Gasteiger partial charge in [-0.3, -0.25) is 14.4 Å². The highest BCUT2D eigenvalue weighted by Gasteiger charge is 2.31. The summed E-state index contributed by atoms with van der Waals surface area (Å²) >= 11 is 18.9. The first-order valence-corrected chi connectivity index (χ1v) is 17.9. The maximum absolute atomic E-state index is 13.5. The number of halogens is 3. The Kier molecular flexibility index (Phi) is 15.7. The van der Waals surface area contributed by atoms with Gasteiger partial charge in [-0.05, 0) is 77.6 Å². The summed E-state index contributed by atoms with van der Waals surface area (Å²) in [5, 5.41) is 8.10. The monoisotopic (exact) mass is 776 g/mol. The second-order valence-corrected chi connectivity index (χ2v) is 15.3. The Hall–Kier alpha value is -1.10. The highest BCUT2D eigenvalue weighted by Crippen LogP contribution is 2.26. The number of carbonyl (C=O) groups is 3. The van der Waals surface area contributed by atoms with E-state index in [0.717, 1.165) is 20.5 Å². The van der Waals surface area contributed by atoms with Gasteiger partial charge in [-0.15, -0.1) is 22.9 Å². The van der Waals surface area contributed by atoms with Crippen molar-refractivity contribution in [2.75, 3.05) is 18.2 Å². The largest absolute Gasteiger partial charge is 0.354 e. The van der Waals surface area contributed by atoms with Crippen LogP contribution in [0, 0.1) is 9.49 Å². The van der Waals surface area contributed by atoms with Crippen molar-refractivity contribution in [3.8, 4) is 0 Å². The molecule has 0 aliphatic heterocycles. The number of alkyl halides is 1. The van der Waals surface area contributed by atoms with E-state index in [1.807, 2.05) is 38.1 Å². The number of carbonyl (C=O) groups excluding carboxylic acids is 3. The van der Waals surface area contributed by atoms with Crippen molar-refractivity contribution in [2.45, 2.75) is 61.9 Å². The van der Waals surface area contributed by atoms with Crippen molar-refractivity contribution in [1.29, 1.82) is 0 Å². The SMILES string of the molecule is CC(C)CC[C@H](NS(=O)(=O)c1ccc(Cl)s1)C(=O)N[C@@H](Cc1ccc(I)cc1)C(=O)N[C@@H](CS)C(=O)NCCCCl. The molecule has 0 bridgehead atoms. The minimum Gasteiger partial charge on any atom is -0.354 e. The third-order valence-corrected chi connectivity index (χ3v) is 10.4. The van der Waals surface area contributed by atoms with E-state index in [1.165, 1.54) is 12.1 Å². The lowest BCUT2D eigenvalue weighted by Crippen LogP contribution is -2.57. The van der Waals surface area contributed by atoms with Crippen molar-refractivity contribution in [2.24, 2.45) is 5.92 Å². The van der Waals surface area contributed by atoms with E-state index in [-0.39, 0.29) is 28.7 Å². The Labute approximate surface area is 274 Å². The molecule has 0 fully saturated rings. The van der Waals surface area contributed by atoms with Crippen LogP contribution in [-0.4, -0.2) is 62.4 Å². The first-order chi connectivity index (χ1) is 19.4. The zero-order valence-corrected chi connectivity index (χ0v) is 28.9. The van der Waals surface area contributed by atoms with Gasteiger partial charge in [0.05, 0.1) is 4.34 Å². The maximum atomic E-state index is 13.5. The molecule has 0 unspecified atom stereocenters. The molecule has 2 aromatic rings. The predicted octanol–water partition coefficient (Wildman–Crippen LogP) is 3.98. The van der Waals surface area contributed by atoms with Gasteiger partial charge in [0.2, 0.25) is 17.7 Å². The molecule has 1 aromatic carbocycles. The van der Waals surface area contributed by atoms with Crippen LogP contribution >= 0.6 is 69.8 Å². The number of benzene rings is 1. The van der Waals surface area contributed by atoms with Crippen molar-refractivity contribution >= 4 is 97.5 Å². The fraction of sp³-hybridized carbons (Fsp3) is 0.500. The molecule has 2 rings (SSSR count). The number of sulfonamides is 1. The van der Waals surface area contributed by atoms with E-state index in [0.29, 0.717) is 29.6 Å². The van der Waals surface area contributed by atoms with Crippen LogP contribution in [0.3, 0.4) is 0 Å². The summed E-state index contributed by atoms with van der Waals surface area (Å²) in [6, 6.07) is 7.07. The molecule has 3 amide bonds. The fourth-order valence-electron chi connectivity index (χ4n) is 3.64. The first kappa shape index (κ1) is 36.1. The molecule has 0 saturated heterocycles. The zero-order valence-electron chi connectivity index (χ0n) is 22.7. The molecule has 0 aliphatic rings. The van der Waals surface area contributed by atoms with Crippen LogP contribution in [0.15, 0.2) is 40.6 Å². The standard InChI is InChI=1S/C26H35Cl2IN4O5S3/c1-16(2)4-9-19(33-41(37,38)23-11-10-22(28)40-23)25(35)31-20(14-17-5-7-18(29)8-6-17)26(36)32-21(15-39)24(34)30-13-3-12-27/h5-8,10-11,16,19-21,33,39H,3-4,9,12-15H2,1-2H3,(H,30,34)(H,31,35)(H,32,36)/t19-,20-,21-/m0/s1. The lowest BCUT2D eigenvalue weighted by atomic mass is 10.0. The molecule has 0 saturated carbocycles. The van der Waals surface area contributed by atoms with Crippen LogP contribution in [0.2, 0.25) is 4.34 Å². The van der Waals surface area contributed by atoms with E-state index in [1.54, 1.807) is 0 Å². The maximum Gasteiger partial charge on any atom is 0.250 e. The number of thiophene rings is 1. The van der Waals surface area contributed by atoms with E-state index in [4.69, 9.17) is 23.2 Å². The molecule has 1 aromatic heterocycles. The van der Waals surface area contributed by atoms with Crippen LogP contribution in [0.4, 0.5) is 0 Å². The first-order valence-electron chi connectivity index (χ1n) is 12.9. The molecular weight excluding hydrogens is 742 g/mol. The Morgan fingerprint density at radius 2 is 1.59 bits per heavy atom. The molecule has 0 spiro atoms. The summed E-state index contributed by atoms with van der Waals surface area (Å²) in [5.74, 6) is -1.07. The van der Waals surface area contributed by atoms with Crippen LogP contribution in [0.5, 0.6) is 0 Å². The molecule has 4 N–H and O–H groups in total. The summed E-state index contributed by atoms with van der Waals surface area (Å²) in [6.07, 6.45) is 1.45. The average molecular weight is 778 g/mol. The predicted molar refractivity (Wildman–Crippen MR) is 176 cm³/mol. The molecule has 228 valence electrons. The minimum atomic E-state index is -4.05. The van der Waals surface area contributed by atoms with Gasteiger partial charge in [-0.25, -0.2) is 8.42 Å². The Bertz CT molecular complexity index is 1260. The molecule has 9 nitrogen and oxygen atoms in total. The van der Waals surface area contributed by atoms with Gasteiger partial charge in [-0.2, -0.15) is 17.4 Å². The van der Waals surface area contributed by atoms with Gasteiger partial charge in [-0.1, -0.05) is 37.6 Å². The average Bonchev–Trinajstić information content (AvgIpc) is 3.37. The normalized spacial score (nSPS) is 13.8.